The minimum atomic E-state index is -0.456. The molecule has 0 unspecified atom stereocenters. The minimum Gasteiger partial charge on any atom is -0.488 e. The molecular weight excluding hydrogens is 576 g/mol. The number of carbonyl (C=O) groups excluding carboxylic acids is 2. The summed E-state index contributed by atoms with van der Waals surface area (Å²) < 4.78 is 12.0. The van der Waals surface area contributed by atoms with Crippen molar-refractivity contribution in [2.45, 2.75) is 90.7 Å². The van der Waals surface area contributed by atoms with Gasteiger partial charge in [0.1, 0.15) is 18.0 Å². The number of aryl methyl sites for hydroxylation is 1. The summed E-state index contributed by atoms with van der Waals surface area (Å²) in [4.78, 5) is 27.2. The standard InChI is InChI=1S/C38H50N4O4/c1-4-5-12-26-41(39-29-30-19-20-35-32(28-30)21-23-38(2,3)46-35)36(43)22-27-45-37(44)42(40-24-13-7-14-25-40)34-18-11-10-17-33(34)31-15-8-6-9-16-31/h6,8-11,15-20,28,39H,4-5,7,12-14,21-27,29H2,1-3H3. The Balaban J connectivity index is 1.23. The first-order valence-electron chi connectivity index (χ1n) is 17.1. The Labute approximate surface area is 274 Å². The summed E-state index contributed by atoms with van der Waals surface area (Å²) in [5.74, 6) is 0.865. The Bertz CT molecular complexity index is 1440. The summed E-state index contributed by atoms with van der Waals surface area (Å²) in [6.07, 6.45) is 7.79. The summed E-state index contributed by atoms with van der Waals surface area (Å²) in [5.41, 5.74) is 8.32. The first-order chi connectivity index (χ1) is 22.3. The molecule has 2 heterocycles. The molecule has 8 heteroatoms. The monoisotopic (exact) mass is 626 g/mol. The van der Waals surface area contributed by atoms with Gasteiger partial charge in [0, 0.05) is 31.7 Å². The molecule has 0 atom stereocenters. The number of amides is 2. The van der Waals surface area contributed by atoms with Gasteiger partial charge in [-0.3, -0.25) is 9.80 Å². The largest absolute Gasteiger partial charge is 0.488 e. The molecule has 8 nitrogen and oxygen atoms in total. The van der Waals surface area contributed by atoms with Gasteiger partial charge < -0.3 is 9.47 Å². The van der Waals surface area contributed by atoms with Crippen LogP contribution in [0.2, 0.25) is 0 Å². The van der Waals surface area contributed by atoms with Crippen LogP contribution in [0.1, 0.15) is 83.3 Å². The molecule has 2 aliphatic heterocycles. The number of fused-ring (bicyclic) bond motifs is 1. The lowest BCUT2D eigenvalue weighted by atomic mass is 9.93. The van der Waals surface area contributed by atoms with Gasteiger partial charge in [0.15, 0.2) is 0 Å². The molecule has 1 fully saturated rings. The van der Waals surface area contributed by atoms with E-state index in [2.05, 4.69) is 55.5 Å². The number of piperidine rings is 1. The number of nitrogens with one attached hydrogen (secondary N) is 1. The third-order valence-electron chi connectivity index (χ3n) is 8.81. The van der Waals surface area contributed by atoms with E-state index in [4.69, 9.17) is 9.47 Å². The molecule has 246 valence electrons. The maximum Gasteiger partial charge on any atom is 0.429 e. The van der Waals surface area contributed by atoms with Gasteiger partial charge in [-0.15, -0.1) is 0 Å². The Morgan fingerprint density at radius 2 is 1.72 bits per heavy atom. The van der Waals surface area contributed by atoms with Crippen molar-refractivity contribution in [3.8, 4) is 16.9 Å². The second-order valence-electron chi connectivity index (χ2n) is 13.0. The third-order valence-corrected chi connectivity index (χ3v) is 8.81. The van der Waals surface area contributed by atoms with Crippen LogP contribution in [0.4, 0.5) is 10.5 Å². The highest BCUT2D eigenvalue weighted by Gasteiger charge is 2.29. The Morgan fingerprint density at radius 1 is 0.957 bits per heavy atom. The molecule has 0 aromatic heterocycles. The minimum absolute atomic E-state index is 0.00738. The number of nitrogens with zero attached hydrogens (tertiary/aromatic N) is 3. The molecule has 3 aromatic carbocycles. The van der Waals surface area contributed by atoms with E-state index >= 15 is 0 Å². The van der Waals surface area contributed by atoms with E-state index in [0.717, 1.165) is 92.6 Å². The SMILES string of the molecule is CCCCCN(NCc1ccc2c(c1)CCC(C)(C)O2)C(=O)CCOC(=O)N(c1ccccc1-c1ccccc1)N1CCCCC1. The molecule has 3 aromatic rings. The summed E-state index contributed by atoms with van der Waals surface area (Å²) in [6.45, 7) is 9.10. The molecule has 5 rings (SSSR count). The molecule has 1 N–H and O–H groups in total. The van der Waals surface area contributed by atoms with E-state index in [9.17, 15) is 9.59 Å². The molecule has 0 spiro atoms. The number of hydrogen-bond donors (Lipinski definition) is 1. The average molecular weight is 627 g/mol. The molecule has 2 aliphatic rings. The molecule has 0 saturated carbocycles. The van der Waals surface area contributed by atoms with E-state index < -0.39 is 6.09 Å². The van der Waals surface area contributed by atoms with Crippen LogP contribution < -0.4 is 15.2 Å². The van der Waals surface area contributed by atoms with Crippen molar-refractivity contribution in [2.24, 2.45) is 0 Å². The van der Waals surface area contributed by atoms with Crippen molar-refractivity contribution in [1.29, 1.82) is 0 Å². The third kappa shape index (κ3) is 8.89. The first kappa shape index (κ1) is 33.5. The van der Waals surface area contributed by atoms with Crippen LogP contribution in [0.15, 0.2) is 72.8 Å². The van der Waals surface area contributed by atoms with Crippen molar-refractivity contribution in [3.05, 3.63) is 83.9 Å². The van der Waals surface area contributed by atoms with Gasteiger partial charge in [0.05, 0.1) is 12.1 Å². The van der Waals surface area contributed by atoms with Gasteiger partial charge in [0.2, 0.25) is 5.91 Å². The highest BCUT2D eigenvalue weighted by Crippen LogP contribution is 2.34. The van der Waals surface area contributed by atoms with E-state index in [0.29, 0.717) is 13.1 Å². The lowest BCUT2D eigenvalue weighted by Gasteiger charge is -2.37. The predicted octanol–water partition coefficient (Wildman–Crippen LogP) is 7.91. The van der Waals surface area contributed by atoms with E-state index in [-0.39, 0.29) is 24.5 Å². The number of para-hydroxylation sites is 1. The summed E-state index contributed by atoms with van der Waals surface area (Å²) in [6, 6.07) is 24.3. The number of hydrazine groups is 2. The highest BCUT2D eigenvalue weighted by atomic mass is 16.6. The van der Waals surface area contributed by atoms with Crippen LogP contribution in [0.5, 0.6) is 5.75 Å². The van der Waals surface area contributed by atoms with E-state index in [1.54, 1.807) is 10.0 Å². The lowest BCUT2D eigenvalue weighted by Crippen LogP contribution is -2.50. The Morgan fingerprint density at radius 3 is 2.50 bits per heavy atom. The van der Waals surface area contributed by atoms with Crippen molar-refractivity contribution in [3.63, 3.8) is 0 Å². The molecule has 0 radical (unpaired) electrons. The number of unbranched alkanes of at least 4 members (excludes halogenated alkanes) is 2. The topological polar surface area (TPSA) is 74.3 Å². The van der Waals surface area contributed by atoms with Crippen LogP contribution in [-0.4, -0.2) is 53.9 Å². The first-order valence-corrected chi connectivity index (χ1v) is 17.1. The normalized spacial score (nSPS) is 15.8. The maximum atomic E-state index is 13.8. The number of anilines is 1. The lowest BCUT2D eigenvalue weighted by molar-refractivity contribution is -0.135. The van der Waals surface area contributed by atoms with Gasteiger partial charge >= 0.3 is 6.09 Å². The number of carbonyl (C=O) groups is 2. The van der Waals surface area contributed by atoms with E-state index in [1.807, 2.05) is 48.5 Å². The van der Waals surface area contributed by atoms with Gasteiger partial charge in [-0.1, -0.05) is 86.8 Å². The van der Waals surface area contributed by atoms with Crippen molar-refractivity contribution in [2.75, 3.05) is 31.3 Å². The Hall–Kier alpha value is -3.88. The van der Waals surface area contributed by atoms with Crippen LogP contribution in [-0.2, 0) is 22.5 Å². The molecule has 0 bridgehead atoms. The average Bonchev–Trinajstić information content (AvgIpc) is 3.07. The smallest absolute Gasteiger partial charge is 0.429 e. The molecule has 1 saturated heterocycles. The number of rotatable bonds is 13. The maximum absolute atomic E-state index is 13.8. The van der Waals surface area contributed by atoms with Crippen molar-refractivity contribution < 1.29 is 19.1 Å². The van der Waals surface area contributed by atoms with Gasteiger partial charge in [-0.25, -0.2) is 20.2 Å². The van der Waals surface area contributed by atoms with Gasteiger partial charge in [-0.05, 0) is 74.8 Å². The fraction of sp³-hybridized carbons (Fsp3) is 0.474. The molecular formula is C38H50N4O4. The summed E-state index contributed by atoms with van der Waals surface area (Å²) in [5, 5.41) is 5.47. The van der Waals surface area contributed by atoms with Gasteiger partial charge in [0.25, 0.3) is 0 Å². The molecule has 0 aliphatic carbocycles. The second-order valence-corrected chi connectivity index (χ2v) is 13.0. The number of ether oxygens (including phenoxy) is 2. The zero-order valence-electron chi connectivity index (χ0n) is 27.8. The zero-order valence-corrected chi connectivity index (χ0v) is 27.8. The van der Waals surface area contributed by atoms with Crippen LogP contribution in [0.3, 0.4) is 0 Å². The van der Waals surface area contributed by atoms with E-state index in [1.165, 1.54) is 5.56 Å². The Kier molecular flexibility index (Phi) is 11.7. The number of hydrogen-bond acceptors (Lipinski definition) is 6. The predicted molar refractivity (Wildman–Crippen MR) is 183 cm³/mol. The van der Waals surface area contributed by atoms with Crippen LogP contribution >= 0.6 is 0 Å². The van der Waals surface area contributed by atoms with Crippen molar-refractivity contribution >= 4 is 17.7 Å². The molecule has 2 amide bonds. The highest BCUT2D eigenvalue weighted by molar-refractivity contribution is 5.93. The number of benzene rings is 3. The summed E-state index contributed by atoms with van der Waals surface area (Å²) in [7, 11) is 0. The quantitative estimate of drug-likeness (QED) is 0.154. The van der Waals surface area contributed by atoms with Crippen LogP contribution in [0, 0.1) is 0 Å². The zero-order chi connectivity index (χ0) is 32.4. The van der Waals surface area contributed by atoms with Gasteiger partial charge in [-0.2, -0.15) is 0 Å². The fourth-order valence-electron chi connectivity index (χ4n) is 6.21. The molecule has 46 heavy (non-hydrogen) atoms. The fourth-order valence-corrected chi connectivity index (χ4v) is 6.21. The van der Waals surface area contributed by atoms with Crippen molar-refractivity contribution in [1.82, 2.24) is 15.4 Å². The van der Waals surface area contributed by atoms with Crippen LogP contribution in [0.25, 0.3) is 11.1 Å². The second kappa shape index (κ2) is 16.1. The summed E-state index contributed by atoms with van der Waals surface area (Å²) >= 11 is 0.